The number of aromatic nitrogens is 2. The molecule has 1 aromatic heterocycles. The summed E-state index contributed by atoms with van der Waals surface area (Å²) in [6.45, 7) is 12.7. The molecule has 0 radical (unpaired) electrons. The van der Waals surface area contributed by atoms with E-state index in [1.54, 1.807) is 6.33 Å². The molecule has 0 spiro atoms. The molecule has 1 unspecified atom stereocenters. The Bertz CT molecular complexity index is 479. The summed E-state index contributed by atoms with van der Waals surface area (Å²) in [4.78, 5) is 23.4. The van der Waals surface area contributed by atoms with Crippen molar-refractivity contribution >= 4 is 11.7 Å². The first kappa shape index (κ1) is 18.6. The molecule has 0 fully saturated rings. The van der Waals surface area contributed by atoms with E-state index in [1.165, 1.54) is 0 Å². The quantitative estimate of drug-likeness (QED) is 0.750. The lowest BCUT2D eigenvalue weighted by Gasteiger charge is -2.32. The normalized spacial score (nSPS) is 13.0. The number of hydrogen-bond acceptors (Lipinski definition) is 3. The van der Waals surface area contributed by atoms with Crippen molar-refractivity contribution in [1.29, 1.82) is 0 Å². The van der Waals surface area contributed by atoms with Gasteiger partial charge >= 0.3 is 0 Å². The molecule has 0 saturated heterocycles. The van der Waals surface area contributed by atoms with Crippen molar-refractivity contribution in [1.82, 2.24) is 9.97 Å². The van der Waals surface area contributed by atoms with E-state index in [1.807, 2.05) is 11.1 Å². The first-order valence-electron chi connectivity index (χ1n) is 8.41. The summed E-state index contributed by atoms with van der Waals surface area (Å²) >= 11 is 0. The Balaban J connectivity index is 3.18. The van der Waals surface area contributed by atoms with E-state index in [0.717, 1.165) is 37.1 Å². The van der Waals surface area contributed by atoms with Gasteiger partial charge in [0.1, 0.15) is 12.1 Å². The zero-order chi connectivity index (χ0) is 16.8. The molecule has 4 heteroatoms. The second-order valence-electron chi connectivity index (χ2n) is 7.26. The molecule has 0 aliphatic rings. The summed E-state index contributed by atoms with van der Waals surface area (Å²) in [6.07, 6.45) is 7.86. The first-order valence-corrected chi connectivity index (χ1v) is 8.41. The molecular weight excluding hydrogens is 274 g/mol. The number of nitrogens with zero attached hydrogens (tertiary/aromatic N) is 3. The van der Waals surface area contributed by atoms with Crippen LogP contribution in [-0.2, 0) is 11.2 Å². The third-order valence-corrected chi connectivity index (χ3v) is 3.61. The minimum Gasteiger partial charge on any atom is -0.294 e. The lowest BCUT2D eigenvalue weighted by atomic mass is 9.91. The van der Waals surface area contributed by atoms with Crippen LogP contribution in [0.15, 0.2) is 12.5 Å². The molecule has 124 valence electrons. The van der Waals surface area contributed by atoms with E-state index in [4.69, 9.17) is 0 Å². The molecule has 1 atom stereocenters. The van der Waals surface area contributed by atoms with E-state index in [0.29, 0.717) is 6.42 Å². The Morgan fingerprint density at radius 1 is 1.27 bits per heavy atom. The zero-order valence-electron chi connectivity index (χ0n) is 15.0. The highest BCUT2D eigenvalue weighted by Gasteiger charge is 2.28. The summed E-state index contributed by atoms with van der Waals surface area (Å²) in [7, 11) is 0. The highest BCUT2D eigenvalue weighted by atomic mass is 16.2. The molecule has 1 heterocycles. The lowest BCUT2D eigenvalue weighted by molar-refractivity contribution is -0.120. The van der Waals surface area contributed by atoms with Crippen LogP contribution in [0.5, 0.6) is 0 Å². The molecule has 0 bridgehead atoms. The third kappa shape index (κ3) is 5.39. The summed E-state index contributed by atoms with van der Waals surface area (Å²) in [5.74, 6) is 0.955. The fourth-order valence-electron chi connectivity index (χ4n) is 2.67. The zero-order valence-corrected chi connectivity index (χ0v) is 15.0. The predicted octanol–water partition coefficient (Wildman–Crippen LogP) is 4.39. The summed E-state index contributed by atoms with van der Waals surface area (Å²) in [5, 5.41) is 0. The van der Waals surface area contributed by atoms with Crippen LogP contribution in [-0.4, -0.2) is 21.9 Å². The Morgan fingerprint density at radius 2 is 1.95 bits per heavy atom. The van der Waals surface area contributed by atoms with Gasteiger partial charge in [0.15, 0.2) is 0 Å². The van der Waals surface area contributed by atoms with Crippen LogP contribution < -0.4 is 4.90 Å². The topological polar surface area (TPSA) is 46.1 Å². The third-order valence-electron chi connectivity index (χ3n) is 3.61. The van der Waals surface area contributed by atoms with Crippen molar-refractivity contribution in [3.05, 3.63) is 18.1 Å². The number of amides is 1. The standard InChI is InChI=1S/C18H31N3O/c1-7-9-14(3)21(16(22)11-18(4,5)6)17-15(10-8-2)12-19-13-20-17/h12-14H,7-11H2,1-6H3. The Morgan fingerprint density at radius 3 is 2.50 bits per heavy atom. The summed E-state index contributed by atoms with van der Waals surface area (Å²) in [5.41, 5.74) is 1.04. The molecule has 22 heavy (non-hydrogen) atoms. The van der Waals surface area contributed by atoms with Gasteiger partial charge in [0, 0.05) is 24.2 Å². The van der Waals surface area contributed by atoms with Crippen LogP contribution in [0.3, 0.4) is 0 Å². The van der Waals surface area contributed by atoms with E-state index in [9.17, 15) is 4.79 Å². The van der Waals surface area contributed by atoms with E-state index in [2.05, 4.69) is 51.5 Å². The van der Waals surface area contributed by atoms with Gasteiger partial charge in [-0.15, -0.1) is 0 Å². The Kier molecular flexibility index (Phi) is 6.98. The van der Waals surface area contributed by atoms with Gasteiger partial charge in [0.05, 0.1) is 0 Å². The van der Waals surface area contributed by atoms with Gasteiger partial charge in [-0.1, -0.05) is 47.5 Å². The fourth-order valence-corrected chi connectivity index (χ4v) is 2.67. The molecule has 0 aliphatic heterocycles. The summed E-state index contributed by atoms with van der Waals surface area (Å²) in [6, 6.07) is 0.158. The molecule has 1 aromatic rings. The van der Waals surface area contributed by atoms with Crippen molar-refractivity contribution in [2.24, 2.45) is 5.41 Å². The number of aryl methyl sites for hydroxylation is 1. The van der Waals surface area contributed by atoms with E-state index >= 15 is 0 Å². The molecule has 0 N–H and O–H groups in total. The van der Waals surface area contributed by atoms with Crippen LogP contribution in [0.2, 0.25) is 0 Å². The van der Waals surface area contributed by atoms with Gasteiger partial charge in [-0.2, -0.15) is 0 Å². The van der Waals surface area contributed by atoms with Gasteiger partial charge in [-0.05, 0) is 25.2 Å². The number of hydrogen-bond donors (Lipinski definition) is 0. The molecule has 1 rings (SSSR count). The Hall–Kier alpha value is -1.45. The van der Waals surface area contributed by atoms with Crippen molar-refractivity contribution in [3.63, 3.8) is 0 Å². The monoisotopic (exact) mass is 305 g/mol. The fraction of sp³-hybridized carbons (Fsp3) is 0.722. The highest BCUT2D eigenvalue weighted by Crippen LogP contribution is 2.27. The SMILES string of the molecule is CCCc1cncnc1N(C(=O)CC(C)(C)C)C(C)CCC. The van der Waals surface area contributed by atoms with Crippen molar-refractivity contribution in [2.75, 3.05) is 4.90 Å². The van der Waals surface area contributed by atoms with Gasteiger partial charge in [0.25, 0.3) is 0 Å². The van der Waals surface area contributed by atoms with Crippen LogP contribution in [0.1, 0.15) is 72.8 Å². The minimum absolute atomic E-state index is 0.0286. The lowest BCUT2D eigenvalue weighted by Crippen LogP contribution is -2.41. The van der Waals surface area contributed by atoms with E-state index in [-0.39, 0.29) is 17.4 Å². The van der Waals surface area contributed by atoms with Gasteiger partial charge < -0.3 is 0 Å². The highest BCUT2D eigenvalue weighted by molar-refractivity contribution is 5.94. The van der Waals surface area contributed by atoms with Gasteiger partial charge in [0.2, 0.25) is 5.91 Å². The Labute approximate surface area is 135 Å². The molecular formula is C18H31N3O. The molecule has 0 aromatic carbocycles. The average Bonchev–Trinajstić information content (AvgIpc) is 2.39. The number of carbonyl (C=O) groups is 1. The molecule has 4 nitrogen and oxygen atoms in total. The molecule has 0 aliphatic carbocycles. The predicted molar refractivity (Wildman–Crippen MR) is 92.0 cm³/mol. The van der Waals surface area contributed by atoms with Gasteiger partial charge in [-0.25, -0.2) is 9.97 Å². The summed E-state index contributed by atoms with van der Waals surface area (Å²) < 4.78 is 0. The number of rotatable bonds is 7. The largest absolute Gasteiger partial charge is 0.294 e. The van der Waals surface area contributed by atoms with Gasteiger partial charge in [-0.3, -0.25) is 9.69 Å². The van der Waals surface area contributed by atoms with Crippen LogP contribution in [0.4, 0.5) is 5.82 Å². The average molecular weight is 305 g/mol. The second kappa shape index (κ2) is 8.25. The smallest absolute Gasteiger partial charge is 0.228 e. The van der Waals surface area contributed by atoms with Crippen molar-refractivity contribution in [2.45, 2.75) is 79.7 Å². The van der Waals surface area contributed by atoms with Crippen molar-refractivity contribution in [3.8, 4) is 0 Å². The first-order chi connectivity index (χ1) is 10.3. The maximum atomic E-state index is 12.9. The van der Waals surface area contributed by atoms with Crippen LogP contribution >= 0.6 is 0 Å². The van der Waals surface area contributed by atoms with Crippen LogP contribution in [0, 0.1) is 5.41 Å². The molecule has 0 saturated carbocycles. The number of carbonyl (C=O) groups excluding carboxylic acids is 1. The maximum absolute atomic E-state index is 12.9. The molecule has 1 amide bonds. The van der Waals surface area contributed by atoms with Crippen LogP contribution in [0.25, 0.3) is 0 Å². The number of anilines is 1. The maximum Gasteiger partial charge on any atom is 0.228 e. The second-order valence-corrected chi connectivity index (χ2v) is 7.26. The van der Waals surface area contributed by atoms with E-state index < -0.39 is 0 Å². The minimum atomic E-state index is -0.0286. The van der Waals surface area contributed by atoms with Crippen molar-refractivity contribution < 1.29 is 4.79 Å².